The number of anilines is 1. The topological polar surface area (TPSA) is 58.4 Å². The van der Waals surface area contributed by atoms with Crippen molar-refractivity contribution in [3.8, 4) is 11.5 Å². The van der Waals surface area contributed by atoms with E-state index in [4.69, 9.17) is 4.42 Å². The average molecular weight is 403 g/mol. The van der Waals surface area contributed by atoms with Crippen molar-refractivity contribution in [3.63, 3.8) is 0 Å². The van der Waals surface area contributed by atoms with Gasteiger partial charge in [0.25, 0.3) is 0 Å². The quantitative estimate of drug-likeness (QED) is 0.558. The number of halogens is 3. The highest BCUT2D eigenvalue weighted by molar-refractivity contribution is 5.92. The van der Waals surface area contributed by atoms with Crippen LogP contribution in [-0.2, 0) is 11.3 Å². The van der Waals surface area contributed by atoms with Crippen LogP contribution in [0.2, 0.25) is 0 Å². The molecule has 1 heterocycles. The maximum absolute atomic E-state index is 13.8. The van der Waals surface area contributed by atoms with Gasteiger partial charge >= 0.3 is 0 Å². The fourth-order valence-corrected chi connectivity index (χ4v) is 2.87. The van der Waals surface area contributed by atoms with E-state index in [1.54, 1.807) is 4.90 Å². The number of nitrogens with one attached hydrogen (secondary N) is 1. The van der Waals surface area contributed by atoms with Gasteiger partial charge in [0.05, 0.1) is 17.9 Å². The number of nitrogens with zero attached hydrogens (tertiary/aromatic N) is 2. The van der Waals surface area contributed by atoms with Crippen LogP contribution in [0, 0.1) is 17.5 Å². The third-order valence-corrected chi connectivity index (χ3v) is 4.17. The molecule has 0 fully saturated rings. The van der Waals surface area contributed by atoms with E-state index in [0.29, 0.717) is 24.7 Å². The van der Waals surface area contributed by atoms with E-state index in [2.05, 4.69) is 10.3 Å². The van der Waals surface area contributed by atoms with Crippen LogP contribution in [-0.4, -0.2) is 28.9 Å². The van der Waals surface area contributed by atoms with Gasteiger partial charge in [0.15, 0.2) is 17.5 Å². The first-order valence-corrected chi connectivity index (χ1v) is 9.13. The predicted molar refractivity (Wildman–Crippen MR) is 102 cm³/mol. The molecule has 0 spiro atoms. The summed E-state index contributed by atoms with van der Waals surface area (Å²) in [7, 11) is 0. The first-order valence-electron chi connectivity index (χ1n) is 9.13. The molecule has 1 N–H and O–H groups in total. The first-order chi connectivity index (χ1) is 14.0. The van der Waals surface area contributed by atoms with Gasteiger partial charge in [-0.2, -0.15) is 0 Å². The van der Waals surface area contributed by atoms with Crippen molar-refractivity contribution in [1.82, 2.24) is 9.88 Å². The molecular weight excluding hydrogens is 383 g/mol. The van der Waals surface area contributed by atoms with Crippen LogP contribution in [0.15, 0.2) is 53.1 Å². The van der Waals surface area contributed by atoms with Crippen LogP contribution in [0.5, 0.6) is 0 Å². The second-order valence-electron chi connectivity index (χ2n) is 6.49. The van der Waals surface area contributed by atoms with Crippen molar-refractivity contribution < 1.29 is 22.4 Å². The Kier molecular flexibility index (Phi) is 6.66. The van der Waals surface area contributed by atoms with Crippen molar-refractivity contribution in [3.05, 3.63) is 71.9 Å². The van der Waals surface area contributed by atoms with Gasteiger partial charge in [0.1, 0.15) is 6.26 Å². The molecule has 0 aliphatic heterocycles. The minimum Gasteiger partial charge on any atom is -0.444 e. The average Bonchev–Trinajstić information content (AvgIpc) is 3.18. The summed E-state index contributed by atoms with van der Waals surface area (Å²) in [6.45, 7) is 2.82. The summed E-state index contributed by atoms with van der Waals surface area (Å²) in [5, 5.41) is 2.28. The second-order valence-corrected chi connectivity index (χ2v) is 6.49. The van der Waals surface area contributed by atoms with Gasteiger partial charge in [0.2, 0.25) is 11.8 Å². The molecule has 29 heavy (non-hydrogen) atoms. The molecule has 152 valence electrons. The fraction of sp³-hybridized carbons (Fsp3) is 0.238. The number of carbonyl (C=O) groups excluding carboxylic acids is 1. The zero-order valence-corrected chi connectivity index (χ0v) is 15.8. The lowest BCUT2D eigenvalue weighted by Gasteiger charge is -2.20. The number of hydrogen-bond acceptors (Lipinski definition) is 4. The lowest BCUT2D eigenvalue weighted by atomic mass is 10.2. The molecule has 3 aromatic rings. The molecule has 0 atom stereocenters. The molecule has 0 radical (unpaired) electrons. The maximum atomic E-state index is 13.8. The molecule has 0 saturated carbocycles. The smallest absolute Gasteiger partial charge is 0.238 e. The first kappa shape index (κ1) is 20.6. The van der Waals surface area contributed by atoms with Crippen LogP contribution in [0.4, 0.5) is 18.9 Å². The Morgan fingerprint density at radius 2 is 1.86 bits per heavy atom. The standard InChI is InChI=1S/C21H20F3N3O2/c1-2-10-27(11-15-13-29-21(25-15)14-6-4-3-5-7-14)12-18(28)26-17-9-8-16(22)19(23)20(17)24/h3-9,13H,2,10-12H2,1H3,(H,26,28). The van der Waals surface area contributed by atoms with E-state index in [-0.39, 0.29) is 6.54 Å². The van der Waals surface area contributed by atoms with Crippen LogP contribution >= 0.6 is 0 Å². The Hall–Kier alpha value is -3.13. The molecule has 2 aromatic carbocycles. The Morgan fingerprint density at radius 1 is 1.10 bits per heavy atom. The Balaban J connectivity index is 1.65. The largest absolute Gasteiger partial charge is 0.444 e. The van der Waals surface area contributed by atoms with Crippen molar-refractivity contribution in [2.24, 2.45) is 0 Å². The van der Waals surface area contributed by atoms with Crippen molar-refractivity contribution in [2.45, 2.75) is 19.9 Å². The Bertz CT molecular complexity index is 977. The Labute approximate surface area is 166 Å². The summed E-state index contributed by atoms with van der Waals surface area (Å²) in [5.74, 6) is -4.43. The normalized spacial score (nSPS) is 11.1. The van der Waals surface area contributed by atoms with E-state index in [1.807, 2.05) is 37.3 Å². The number of hydrogen-bond donors (Lipinski definition) is 1. The van der Waals surface area contributed by atoms with Gasteiger partial charge < -0.3 is 9.73 Å². The zero-order valence-electron chi connectivity index (χ0n) is 15.8. The summed E-state index contributed by atoms with van der Waals surface area (Å²) in [5.41, 5.74) is 1.08. The molecule has 5 nitrogen and oxygen atoms in total. The third kappa shape index (κ3) is 5.23. The lowest BCUT2D eigenvalue weighted by Crippen LogP contribution is -2.33. The van der Waals surface area contributed by atoms with E-state index >= 15 is 0 Å². The van der Waals surface area contributed by atoms with Crippen molar-refractivity contribution >= 4 is 11.6 Å². The molecule has 0 aliphatic carbocycles. The Morgan fingerprint density at radius 3 is 2.59 bits per heavy atom. The maximum Gasteiger partial charge on any atom is 0.238 e. The number of benzene rings is 2. The summed E-state index contributed by atoms with van der Waals surface area (Å²) in [6, 6.07) is 11.2. The molecule has 0 aliphatic rings. The highest BCUT2D eigenvalue weighted by atomic mass is 19.2. The SMILES string of the molecule is CCCN(CC(=O)Nc1ccc(F)c(F)c1F)Cc1coc(-c2ccccc2)n1. The van der Waals surface area contributed by atoms with Gasteiger partial charge in [0, 0.05) is 12.1 Å². The molecule has 0 bridgehead atoms. The van der Waals surface area contributed by atoms with E-state index < -0.39 is 29.0 Å². The molecule has 0 saturated heterocycles. The van der Waals surface area contributed by atoms with Crippen molar-refractivity contribution in [2.75, 3.05) is 18.4 Å². The van der Waals surface area contributed by atoms with Gasteiger partial charge in [-0.15, -0.1) is 0 Å². The molecule has 0 unspecified atom stereocenters. The van der Waals surface area contributed by atoms with Crippen LogP contribution in [0.25, 0.3) is 11.5 Å². The van der Waals surface area contributed by atoms with E-state index in [9.17, 15) is 18.0 Å². The summed E-state index contributed by atoms with van der Waals surface area (Å²) in [4.78, 5) is 18.5. The molecule has 3 rings (SSSR count). The van der Waals surface area contributed by atoms with Crippen molar-refractivity contribution in [1.29, 1.82) is 0 Å². The number of oxazole rings is 1. The van der Waals surface area contributed by atoms with Crippen LogP contribution < -0.4 is 5.32 Å². The van der Waals surface area contributed by atoms with Crippen LogP contribution in [0.1, 0.15) is 19.0 Å². The number of rotatable bonds is 8. The van der Waals surface area contributed by atoms with Gasteiger partial charge in [-0.1, -0.05) is 25.1 Å². The minimum absolute atomic E-state index is 0.0696. The van der Waals surface area contributed by atoms with Gasteiger partial charge in [-0.25, -0.2) is 18.2 Å². The highest BCUT2D eigenvalue weighted by Gasteiger charge is 2.18. The molecule has 1 amide bonds. The molecule has 1 aromatic heterocycles. The van der Waals surface area contributed by atoms with E-state index in [0.717, 1.165) is 24.1 Å². The van der Waals surface area contributed by atoms with Gasteiger partial charge in [-0.3, -0.25) is 9.69 Å². The number of aromatic nitrogens is 1. The lowest BCUT2D eigenvalue weighted by molar-refractivity contribution is -0.117. The number of amides is 1. The molecule has 8 heteroatoms. The summed E-state index contributed by atoms with van der Waals surface area (Å²) < 4.78 is 45.6. The monoisotopic (exact) mass is 403 g/mol. The number of carbonyl (C=O) groups is 1. The highest BCUT2D eigenvalue weighted by Crippen LogP contribution is 2.20. The third-order valence-electron chi connectivity index (χ3n) is 4.17. The van der Waals surface area contributed by atoms with Gasteiger partial charge in [-0.05, 0) is 37.2 Å². The summed E-state index contributed by atoms with van der Waals surface area (Å²) in [6.07, 6.45) is 2.30. The van der Waals surface area contributed by atoms with Crippen LogP contribution in [0.3, 0.4) is 0 Å². The fourth-order valence-electron chi connectivity index (χ4n) is 2.87. The van der Waals surface area contributed by atoms with E-state index in [1.165, 1.54) is 6.26 Å². The zero-order chi connectivity index (χ0) is 20.8. The summed E-state index contributed by atoms with van der Waals surface area (Å²) >= 11 is 0. The second kappa shape index (κ2) is 9.38. The minimum atomic E-state index is -1.62. The predicted octanol–water partition coefficient (Wildman–Crippen LogP) is 4.61. The molecular formula is C21H20F3N3O2.